The van der Waals surface area contributed by atoms with E-state index >= 15 is 0 Å². The SMILES string of the molecule is CC(C)(C)C(=O)NCB1OCCC(=O)O1. The summed E-state index contributed by atoms with van der Waals surface area (Å²) in [6, 6.07) is 0. The van der Waals surface area contributed by atoms with Gasteiger partial charge in [0.25, 0.3) is 5.97 Å². The van der Waals surface area contributed by atoms with E-state index in [1.54, 1.807) is 0 Å². The van der Waals surface area contributed by atoms with E-state index in [9.17, 15) is 9.59 Å². The molecule has 0 atom stereocenters. The smallest absolute Gasteiger partial charge is 0.508 e. The maximum atomic E-state index is 11.5. The lowest BCUT2D eigenvalue weighted by atomic mass is 9.87. The van der Waals surface area contributed by atoms with Crippen LogP contribution < -0.4 is 5.32 Å². The maximum Gasteiger partial charge on any atom is 0.547 e. The molecule has 0 spiro atoms. The van der Waals surface area contributed by atoms with Gasteiger partial charge in [-0.05, 0) is 0 Å². The van der Waals surface area contributed by atoms with Gasteiger partial charge in [-0.1, -0.05) is 20.8 Å². The maximum absolute atomic E-state index is 11.5. The number of hydrogen-bond donors (Lipinski definition) is 1. The predicted octanol–water partition coefficient (Wildman–Crippen LogP) is 0.140. The molecule has 1 aliphatic heterocycles. The van der Waals surface area contributed by atoms with Crippen LogP contribution in [0.2, 0.25) is 0 Å². The largest absolute Gasteiger partial charge is 0.547 e. The van der Waals surface area contributed by atoms with Crippen molar-refractivity contribution < 1.29 is 18.9 Å². The summed E-state index contributed by atoms with van der Waals surface area (Å²) in [5, 5.41) is 2.67. The van der Waals surface area contributed by atoms with Crippen LogP contribution in [0.15, 0.2) is 0 Å². The van der Waals surface area contributed by atoms with Crippen molar-refractivity contribution in [2.24, 2.45) is 5.41 Å². The Balaban J connectivity index is 2.31. The van der Waals surface area contributed by atoms with Crippen molar-refractivity contribution in [2.75, 3.05) is 13.1 Å². The van der Waals surface area contributed by atoms with Gasteiger partial charge in [0.2, 0.25) is 5.91 Å². The Labute approximate surface area is 89.6 Å². The molecule has 1 saturated heterocycles. The van der Waals surface area contributed by atoms with Crippen molar-refractivity contribution in [1.82, 2.24) is 5.32 Å². The molecule has 0 aromatic carbocycles. The summed E-state index contributed by atoms with van der Waals surface area (Å²) >= 11 is 0. The molecule has 1 rings (SSSR count). The lowest BCUT2D eigenvalue weighted by Gasteiger charge is -2.22. The van der Waals surface area contributed by atoms with Gasteiger partial charge in [-0.15, -0.1) is 0 Å². The molecular weight excluding hydrogens is 197 g/mol. The van der Waals surface area contributed by atoms with Crippen LogP contribution in [-0.4, -0.2) is 32.0 Å². The van der Waals surface area contributed by atoms with Gasteiger partial charge in [-0.2, -0.15) is 0 Å². The van der Waals surface area contributed by atoms with E-state index in [4.69, 9.17) is 9.31 Å². The first-order valence-corrected chi connectivity index (χ1v) is 4.99. The lowest BCUT2D eigenvalue weighted by molar-refractivity contribution is -0.140. The molecule has 1 aliphatic rings. The van der Waals surface area contributed by atoms with E-state index in [-0.39, 0.29) is 24.7 Å². The van der Waals surface area contributed by atoms with Crippen LogP contribution >= 0.6 is 0 Å². The third kappa shape index (κ3) is 3.91. The van der Waals surface area contributed by atoms with Gasteiger partial charge >= 0.3 is 7.12 Å². The van der Waals surface area contributed by atoms with Crippen LogP contribution in [-0.2, 0) is 18.9 Å². The Morgan fingerprint density at radius 1 is 1.53 bits per heavy atom. The van der Waals surface area contributed by atoms with Crippen molar-refractivity contribution >= 4 is 19.0 Å². The Morgan fingerprint density at radius 2 is 2.20 bits per heavy atom. The molecule has 1 heterocycles. The minimum atomic E-state index is -0.641. The average molecular weight is 213 g/mol. The average Bonchev–Trinajstić information content (AvgIpc) is 2.12. The third-order valence-corrected chi connectivity index (χ3v) is 1.98. The van der Waals surface area contributed by atoms with Gasteiger partial charge in [0.15, 0.2) is 0 Å². The molecule has 15 heavy (non-hydrogen) atoms. The molecule has 0 unspecified atom stereocenters. The summed E-state index contributed by atoms with van der Waals surface area (Å²) in [6.45, 7) is 5.80. The molecule has 0 aromatic heterocycles. The summed E-state index contributed by atoms with van der Waals surface area (Å²) in [4.78, 5) is 22.4. The molecule has 84 valence electrons. The Hall–Kier alpha value is -1.04. The van der Waals surface area contributed by atoms with Crippen LogP contribution in [0.1, 0.15) is 27.2 Å². The molecule has 0 aliphatic carbocycles. The number of amides is 1. The van der Waals surface area contributed by atoms with Gasteiger partial charge in [-0.25, -0.2) is 0 Å². The first kappa shape index (κ1) is 12.0. The fourth-order valence-electron chi connectivity index (χ4n) is 1.06. The molecule has 0 radical (unpaired) electrons. The Bertz CT molecular complexity index is 261. The number of hydrogen-bond acceptors (Lipinski definition) is 4. The number of carbonyl (C=O) groups is 2. The van der Waals surface area contributed by atoms with E-state index in [2.05, 4.69) is 5.32 Å². The van der Waals surface area contributed by atoms with Crippen LogP contribution in [0.4, 0.5) is 0 Å². The molecule has 1 N–H and O–H groups in total. The Morgan fingerprint density at radius 3 is 2.73 bits per heavy atom. The normalized spacial score (nSPS) is 17.3. The van der Waals surface area contributed by atoms with Gasteiger partial charge in [0.05, 0.1) is 12.9 Å². The first-order chi connectivity index (χ1) is 6.89. The standard InChI is InChI=1S/C9H16BNO4/c1-9(2,3)8(13)11-6-10-14-5-4-7(12)15-10/h4-6H2,1-3H3,(H,11,13). The van der Waals surface area contributed by atoms with Crippen LogP contribution in [0.5, 0.6) is 0 Å². The van der Waals surface area contributed by atoms with Crippen LogP contribution in [0, 0.1) is 5.41 Å². The second-order valence-corrected chi connectivity index (χ2v) is 4.50. The van der Waals surface area contributed by atoms with Crippen molar-refractivity contribution in [1.29, 1.82) is 0 Å². The molecule has 1 amide bonds. The highest BCUT2D eigenvalue weighted by molar-refractivity contribution is 6.47. The molecule has 0 aromatic rings. The molecule has 1 fully saturated rings. The minimum absolute atomic E-state index is 0.0901. The first-order valence-electron chi connectivity index (χ1n) is 4.99. The van der Waals surface area contributed by atoms with Crippen molar-refractivity contribution in [3.63, 3.8) is 0 Å². The quantitative estimate of drug-likeness (QED) is 0.662. The summed E-state index contributed by atoms with van der Waals surface area (Å²) in [5.41, 5.74) is -0.446. The molecule has 0 saturated carbocycles. The molecule has 6 heteroatoms. The Kier molecular flexibility index (Phi) is 3.74. The lowest BCUT2D eigenvalue weighted by Crippen LogP contribution is -2.46. The zero-order chi connectivity index (χ0) is 11.5. The van der Waals surface area contributed by atoms with Crippen molar-refractivity contribution in [3.8, 4) is 0 Å². The zero-order valence-electron chi connectivity index (χ0n) is 9.33. The predicted molar refractivity (Wildman–Crippen MR) is 54.9 cm³/mol. The van der Waals surface area contributed by atoms with Crippen LogP contribution in [0.3, 0.4) is 0 Å². The van der Waals surface area contributed by atoms with Crippen molar-refractivity contribution in [2.45, 2.75) is 27.2 Å². The fourth-order valence-corrected chi connectivity index (χ4v) is 1.06. The van der Waals surface area contributed by atoms with E-state index < -0.39 is 12.5 Å². The van der Waals surface area contributed by atoms with Crippen LogP contribution in [0.25, 0.3) is 0 Å². The molecule has 0 bridgehead atoms. The van der Waals surface area contributed by atoms with E-state index in [1.807, 2.05) is 20.8 Å². The third-order valence-electron chi connectivity index (χ3n) is 1.98. The summed E-state index contributed by atoms with van der Waals surface area (Å²) in [7, 11) is -0.641. The highest BCUT2D eigenvalue weighted by Crippen LogP contribution is 2.12. The van der Waals surface area contributed by atoms with Gasteiger partial charge in [0.1, 0.15) is 0 Å². The monoisotopic (exact) mass is 213 g/mol. The van der Waals surface area contributed by atoms with E-state index in [0.717, 1.165) is 0 Å². The number of carbonyl (C=O) groups excluding carboxylic acids is 2. The second kappa shape index (κ2) is 4.66. The molecule has 5 nitrogen and oxygen atoms in total. The topological polar surface area (TPSA) is 64.6 Å². The summed E-state index contributed by atoms with van der Waals surface area (Å²) in [5.74, 6) is -0.371. The number of nitrogens with one attached hydrogen (secondary N) is 1. The number of rotatable bonds is 2. The summed E-state index contributed by atoms with van der Waals surface area (Å²) < 4.78 is 10.0. The second-order valence-electron chi connectivity index (χ2n) is 4.50. The van der Waals surface area contributed by atoms with Gasteiger partial charge < -0.3 is 14.6 Å². The highest BCUT2D eigenvalue weighted by atomic mass is 16.6. The van der Waals surface area contributed by atoms with Crippen molar-refractivity contribution in [3.05, 3.63) is 0 Å². The minimum Gasteiger partial charge on any atom is -0.508 e. The van der Waals surface area contributed by atoms with Gasteiger partial charge in [-0.3, -0.25) is 9.59 Å². The zero-order valence-corrected chi connectivity index (χ0v) is 9.33. The van der Waals surface area contributed by atoms with Gasteiger partial charge in [0, 0.05) is 12.0 Å². The summed E-state index contributed by atoms with van der Waals surface area (Å²) in [6.07, 6.45) is 0.492. The van der Waals surface area contributed by atoms with E-state index in [1.165, 1.54) is 0 Å². The van der Waals surface area contributed by atoms with E-state index in [0.29, 0.717) is 6.61 Å². The fraction of sp³-hybridized carbons (Fsp3) is 0.778. The highest BCUT2D eigenvalue weighted by Gasteiger charge is 2.30. The molecular formula is C9H16BNO4.